The van der Waals surface area contributed by atoms with Gasteiger partial charge in [0.15, 0.2) is 0 Å². The van der Waals surface area contributed by atoms with Gasteiger partial charge >= 0.3 is 0 Å². The maximum atomic E-state index is 5.23. The van der Waals surface area contributed by atoms with Gasteiger partial charge in [-0.15, -0.1) is 0 Å². The molecule has 18 heavy (non-hydrogen) atoms. The zero-order valence-electron chi connectivity index (χ0n) is 12.6. The Balaban J connectivity index is 2.07. The van der Waals surface area contributed by atoms with Crippen LogP contribution in [0.4, 0.5) is 0 Å². The molecule has 0 spiro atoms. The van der Waals surface area contributed by atoms with Gasteiger partial charge in [-0.2, -0.15) is 0 Å². The summed E-state index contributed by atoms with van der Waals surface area (Å²) < 4.78 is 5.23. The van der Waals surface area contributed by atoms with Crippen LogP contribution in [0, 0.1) is 0 Å². The van der Waals surface area contributed by atoms with Crippen LogP contribution in [-0.2, 0) is 4.74 Å². The van der Waals surface area contributed by atoms with Gasteiger partial charge in [0.05, 0.1) is 6.61 Å². The molecule has 0 aliphatic heterocycles. The molecule has 3 nitrogen and oxygen atoms in total. The molecule has 1 rings (SSSR count). The van der Waals surface area contributed by atoms with Crippen LogP contribution in [0.25, 0.3) is 0 Å². The van der Waals surface area contributed by atoms with Crippen molar-refractivity contribution in [1.82, 2.24) is 10.2 Å². The van der Waals surface area contributed by atoms with E-state index in [9.17, 15) is 0 Å². The molecule has 1 N–H and O–H groups in total. The number of hydrogen-bond donors (Lipinski definition) is 1. The average Bonchev–Trinajstić information content (AvgIpc) is 2.40. The highest BCUT2D eigenvalue weighted by molar-refractivity contribution is 4.72. The molecular formula is C15H32N2O. The number of hydrogen-bond acceptors (Lipinski definition) is 3. The Morgan fingerprint density at radius 1 is 1.28 bits per heavy atom. The molecule has 0 radical (unpaired) electrons. The second-order valence-corrected chi connectivity index (χ2v) is 5.58. The fourth-order valence-corrected chi connectivity index (χ4v) is 2.93. The maximum Gasteiger partial charge on any atom is 0.0615 e. The first-order chi connectivity index (χ1) is 8.77. The van der Waals surface area contributed by atoms with Crippen LogP contribution in [0.15, 0.2) is 0 Å². The van der Waals surface area contributed by atoms with Gasteiger partial charge in [0.1, 0.15) is 0 Å². The molecule has 3 heteroatoms. The summed E-state index contributed by atoms with van der Waals surface area (Å²) in [4.78, 5) is 2.51. The molecule has 1 aliphatic rings. The van der Waals surface area contributed by atoms with E-state index in [4.69, 9.17) is 4.74 Å². The zero-order valence-corrected chi connectivity index (χ0v) is 12.6. The Morgan fingerprint density at radius 2 is 2.00 bits per heavy atom. The van der Waals surface area contributed by atoms with Crippen LogP contribution in [-0.4, -0.2) is 50.3 Å². The van der Waals surface area contributed by atoms with Crippen molar-refractivity contribution in [3.8, 4) is 0 Å². The van der Waals surface area contributed by atoms with Crippen molar-refractivity contribution in [1.29, 1.82) is 0 Å². The number of likely N-dealkylation sites (N-methyl/N-ethyl adjacent to an activating group) is 1. The SMILES string of the molecule is CCN(CCCNC1CCCCC1)C(C)COC. The van der Waals surface area contributed by atoms with Gasteiger partial charge in [0, 0.05) is 19.2 Å². The molecule has 1 saturated carbocycles. The second kappa shape index (κ2) is 9.76. The average molecular weight is 256 g/mol. The lowest BCUT2D eigenvalue weighted by Gasteiger charge is -2.28. The van der Waals surface area contributed by atoms with Crippen molar-refractivity contribution >= 4 is 0 Å². The van der Waals surface area contributed by atoms with Crippen molar-refractivity contribution in [2.75, 3.05) is 33.4 Å². The Labute approximate surface area is 113 Å². The molecule has 0 bridgehead atoms. The highest BCUT2D eigenvalue weighted by Crippen LogP contribution is 2.17. The molecule has 0 heterocycles. The van der Waals surface area contributed by atoms with Gasteiger partial charge in [0.2, 0.25) is 0 Å². The fourth-order valence-electron chi connectivity index (χ4n) is 2.93. The summed E-state index contributed by atoms with van der Waals surface area (Å²) in [6.45, 7) is 8.79. The van der Waals surface area contributed by atoms with Crippen LogP contribution < -0.4 is 5.32 Å². The first kappa shape index (κ1) is 15.9. The highest BCUT2D eigenvalue weighted by atomic mass is 16.5. The molecule has 1 atom stereocenters. The first-order valence-electron chi connectivity index (χ1n) is 7.74. The summed E-state index contributed by atoms with van der Waals surface area (Å²) in [5.74, 6) is 0. The van der Waals surface area contributed by atoms with E-state index in [1.165, 1.54) is 51.6 Å². The molecule has 1 unspecified atom stereocenters. The number of ether oxygens (including phenoxy) is 1. The minimum atomic E-state index is 0.537. The van der Waals surface area contributed by atoms with E-state index in [0.717, 1.165) is 19.2 Å². The summed E-state index contributed by atoms with van der Waals surface area (Å²) in [6, 6.07) is 1.33. The van der Waals surface area contributed by atoms with Gasteiger partial charge in [-0.1, -0.05) is 26.2 Å². The number of nitrogens with zero attached hydrogens (tertiary/aromatic N) is 1. The number of rotatable bonds is 9. The van der Waals surface area contributed by atoms with E-state index >= 15 is 0 Å². The van der Waals surface area contributed by atoms with E-state index in [1.54, 1.807) is 7.11 Å². The van der Waals surface area contributed by atoms with Crippen LogP contribution in [0.1, 0.15) is 52.4 Å². The lowest BCUT2D eigenvalue weighted by Crippen LogP contribution is -2.39. The topological polar surface area (TPSA) is 24.5 Å². The Morgan fingerprint density at radius 3 is 2.61 bits per heavy atom. The molecule has 1 aliphatic carbocycles. The van der Waals surface area contributed by atoms with Crippen molar-refractivity contribution < 1.29 is 4.74 Å². The smallest absolute Gasteiger partial charge is 0.0615 e. The summed E-state index contributed by atoms with van der Waals surface area (Å²) in [5.41, 5.74) is 0. The molecule has 0 saturated heterocycles. The van der Waals surface area contributed by atoms with Gasteiger partial charge in [0.25, 0.3) is 0 Å². The minimum absolute atomic E-state index is 0.537. The molecule has 0 amide bonds. The first-order valence-corrected chi connectivity index (χ1v) is 7.74. The standard InChI is InChI=1S/C15H32N2O/c1-4-17(14(2)13-18-3)12-8-11-16-15-9-6-5-7-10-15/h14-16H,4-13H2,1-3H3. The van der Waals surface area contributed by atoms with E-state index in [0.29, 0.717) is 6.04 Å². The fraction of sp³-hybridized carbons (Fsp3) is 1.00. The van der Waals surface area contributed by atoms with Crippen molar-refractivity contribution in [2.24, 2.45) is 0 Å². The van der Waals surface area contributed by atoms with Crippen LogP contribution in [0.2, 0.25) is 0 Å². The van der Waals surface area contributed by atoms with Gasteiger partial charge in [-0.3, -0.25) is 4.90 Å². The summed E-state index contributed by atoms with van der Waals surface area (Å²) in [5, 5.41) is 3.71. The molecule has 0 aromatic heterocycles. The lowest BCUT2D eigenvalue weighted by molar-refractivity contribution is 0.102. The minimum Gasteiger partial charge on any atom is -0.383 e. The number of methoxy groups -OCH3 is 1. The number of nitrogens with one attached hydrogen (secondary N) is 1. The Bertz CT molecular complexity index is 193. The predicted octanol–water partition coefficient (Wildman–Crippen LogP) is 2.66. The van der Waals surface area contributed by atoms with Gasteiger partial charge < -0.3 is 10.1 Å². The van der Waals surface area contributed by atoms with Gasteiger partial charge in [-0.25, -0.2) is 0 Å². The van der Waals surface area contributed by atoms with Crippen LogP contribution in [0.5, 0.6) is 0 Å². The monoisotopic (exact) mass is 256 g/mol. The van der Waals surface area contributed by atoms with Crippen LogP contribution in [0.3, 0.4) is 0 Å². The Hall–Kier alpha value is -0.120. The predicted molar refractivity (Wildman–Crippen MR) is 78.1 cm³/mol. The van der Waals surface area contributed by atoms with Crippen molar-refractivity contribution in [3.63, 3.8) is 0 Å². The quantitative estimate of drug-likeness (QED) is 0.642. The second-order valence-electron chi connectivity index (χ2n) is 5.58. The van der Waals surface area contributed by atoms with Gasteiger partial charge in [-0.05, 0) is 45.8 Å². The third-order valence-corrected chi connectivity index (χ3v) is 4.10. The van der Waals surface area contributed by atoms with E-state index < -0.39 is 0 Å². The molecule has 108 valence electrons. The maximum absolute atomic E-state index is 5.23. The molecule has 0 aromatic carbocycles. The third kappa shape index (κ3) is 6.17. The summed E-state index contributed by atoms with van der Waals surface area (Å²) >= 11 is 0. The summed E-state index contributed by atoms with van der Waals surface area (Å²) in [7, 11) is 1.79. The molecule has 0 aromatic rings. The molecular weight excluding hydrogens is 224 g/mol. The summed E-state index contributed by atoms with van der Waals surface area (Å²) in [6.07, 6.45) is 8.30. The molecule has 1 fully saturated rings. The normalized spacial score (nSPS) is 19.3. The van der Waals surface area contributed by atoms with E-state index in [1.807, 2.05) is 0 Å². The van der Waals surface area contributed by atoms with E-state index in [-0.39, 0.29) is 0 Å². The van der Waals surface area contributed by atoms with Crippen molar-refractivity contribution in [3.05, 3.63) is 0 Å². The van der Waals surface area contributed by atoms with E-state index in [2.05, 4.69) is 24.1 Å². The largest absolute Gasteiger partial charge is 0.383 e. The zero-order chi connectivity index (χ0) is 13.2. The third-order valence-electron chi connectivity index (χ3n) is 4.10. The highest BCUT2D eigenvalue weighted by Gasteiger charge is 2.13. The van der Waals surface area contributed by atoms with Crippen LogP contribution >= 0.6 is 0 Å². The van der Waals surface area contributed by atoms with Crippen molar-refractivity contribution in [2.45, 2.75) is 64.5 Å². The Kier molecular flexibility index (Phi) is 8.64. The lowest BCUT2D eigenvalue weighted by atomic mass is 9.95.